The van der Waals surface area contributed by atoms with E-state index >= 15 is 0 Å². The monoisotopic (exact) mass is 210 g/mol. The van der Waals surface area contributed by atoms with Gasteiger partial charge in [-0.1, -0.05) is 18.2 Å². The number of para-hydroxylation sites is 1. The van der Waals surface area contributed by atoms with Gasteiger partial charge >= 0.3 is 0 Å². The Hall–Kier alpha value is -2.29. The summed E-state index contributed by atoms with van der Waals surface area (Å²) in [6.07, 6.45) is 3.58. The average Bonchev–Trinajstić information content (AvgIpc) is 2.80. The average molecular weight is 210 g/mol. The summed E-state index contributed by atoms with van der Waals surface area (Å²) in [5.74, 6) is 0. The molecule has 0 fully saturated rings. The molecule has 3 nitrogen and oxygen atoms in total. The van der Waals surface area contributed by atoms with Crippen LogP contribution in [0.2, 0.25) is 0 Å². The van der Waals surface area contributed by atoms with Crippen LogP contribution in [0.5, 0.6) is 0 Å². The van der Waals surface area contributed by atoms with Crippen LogP contribution in [0.3, 0.4) is 0 Å². The molecule has 0 atom stereocenters. The molecular formula is C13H10N2O. The molecule has 0 bridgehead atoms. The molecule has 78 valence electrons. The van der Waals surface area contributed by atoms with Crippen LogP contribution in [0.4, 0.5) is 0 Å². The van der Waals surface area contributed by atoms with Gasteiger partial charge in [-0.25, -0.2) is 0 Å². The van der Waals surface area contributed by atoms with Crippen LogP contribution in [-0.2, 0) is 0 Å². The van der Waals surface area contributed by atoms with Crippen LogP contribution in [-0.4, -0.2) is 9.55 Å². The molecule has 2 heterocycles. The number of nitrogens with one attached hydrogen (secondary N) is 1. The molecule has 0 amide bonds. The standard InChI is InChI=1S/C13H10N2O/c16-13-12-10(6-8-14-12)7-9-15(13)11-4-2-1-3-5-11/h1-9,14H. The Kier molecular flexibility index (Phi) is 1.90. The lowest BCUT2D eigenvalue weighted by Gasteiger charge is -2.04. The Morgan fingerprint density at radius 3 is 2.62 bits per heavy atom. The third kappa shape index (κ3) is 1.26. The van der Waals surface area contributed by atoms with Crippen molar-refractivity contribution in [2.24, 2.45) is 0 Å². The molecule has 0 aliphatic rings. The first kappa shape index (κ1) is 8.97. The number of aromatic nitrogens is 2. The fraction of sp³-hybridized carbons (Fsp3) is 0. The zero-order chi connectivity index (χ0) is 11.0. The third-order valence-corrected chi connectivity index (χ3v) is 2.65. The van der Waals surface area contributed by atoms with Gasteiger partial charge < -0.3 is 4.98 Å². The van der Waals surface area contributed by atoms with Gasteiger partial charge in [0.25, 0.3) is 5.56 Å². The van der Waals surface area contributed by atoms with Gasteiger partial charge in [0.15, 0.2) is 0 Å². The number of hydrogen-bond acceptors (Lipinski definition) is 1. The summed E-state index contributed by atoms with van der Waals surface area (Å²) >= 11 is 0. The summed E-state index contributed by atoms with van der Waals surface area (Å²) in [6, 6.07) is 13.4. The highest BCUT2D eigenvalue weighted by Gasteiger charge is 2.03. The number of pyridine rings is 1. The highest BCUT2D eigenvalue weighted by Crippen LogP contribution is 2.09. The van der Waals surface area contributed by atoms with E-state index in [1.807, 2.05) is 42.5 Å². The lowest BCUT2D eigenvalue weighted by Crippen LogP contribution is -2.17. The van der Waals surface area contributed by atoms with Crippen LogP contribution >= 0.6 is 0 Å². The first-order chi connectivity index (χ1) is 7.86. The van der Waals surface area contributed by atoms with Crippen molar-refractivity contribution in [3.05, 3.63) is 65.2 Å². The molecule has 16 heavy (non-hydrogen) atoms. The highest BCUT2D eigenvalue weighted by atomic mass is 16.1. The Morgan fingerprint density at radius 2 is 1.81 bits per heavy atom. The van der Waals surface area contributed by atoms with Crippen molar-refractivity contribution in [1.29, 1.82) is 0 Å². The van der Waals surface area contributed by atoms with Crippen molar-refractivity contribution in [3.8, 4) is 5.69 Å². The fourth-order valence-corrected chi connectivity index (χ4v) is 1.84. The Labute approximate surface area is 92.0 Å². The normalized spacial score (nSPS) is 10.8. The van der Waals surface area contributed by atoms with Crippen molar-refractivity contribution in [2.75, 3.05) is 0 Å². The molecule has 3 heteroatoms. The topological polar surface area (TPSA) is 37.8 Å². The minimum Gasteiger partial charge on any atom is -0.357 e. The molecule has 1 aromatic carbocycles. The number of H-pyrrole nitrogens is 1. The largest absolute Gasteiger partial charge is 0.357 e. The van der Waals surface area contributed by atoms with Crippen molar-refractivity contribution in [2.45, 2.75) is 0 Å². The van der Waals surface area contributed by atoms with E-state index in [1.165, 1.54) is 0 Å². The fourth-order valence-electron chi connectivity index (χ4n) is 1.84. The summed E-state index contributed by atoms with van der Waals surface area (Å²) in [5.41, 5.74) is 1.50. The maximum Gasteiger partial charge on any atom is 0.279 e. The van der Waals surface area contributed by atoms with Gasteiger partial charge in [-0.2, -0.15) is 0 Å². The number of rotatable bonds is 1. The molecule has 1 N–H and O–H groups in total. The van der Waals surface area contributed by atoms with E-state index in [2.05, 4.69) is 4.98 Å². The van der Waals surface area contributed by atoms with E-state index < -0.39 is 0 Å². The Balaban J connectivity index is 2.33. The first-order valence-corrected chi connectivity index (χ1v) is 5.10. The van der Waals surface area contributed by atoms with E-state index in [9.17, 15) is 4.79 Å². The molecule has 0 saturated heterocycles. The van der Waals surface area contributed by atoms with E-state index in [0.717, 1.165) is 11.1 Å². The van der Waals surface area contributed by atoms with Gasteiger partial charge in [-0.3, -0.25) is 9.36 Å². The Morgan fingerprint density at radius 1 is 1.00 bits per heavy atom. The van der Waals surface area contributed by atoms with Crippen molar-refractivity contribution < 1.29 is 0 Å². The van der Waals surface area contributed by atoms with Crippen LogP contribution in [0.25, 0.3) is 16.6 Å². The molecule has 0 saturated carbocycles. The lowest BCUT2D eigenvalue weighted by molar-refractivity contribution is 1.00. The predicted octanol–water partition coefficient (Wildman–Crippen LogP) is 2.32. The van der Waals surface area contributed by atoms with E-state index in [-0.39, 0.29) is 5.56 Å². The second-order valence-electron chi connectivity index (χ2n) is 3.63. The molecule has 3 aromatic rings. The van der Waals surface area contributed by atoms with Crippen LogP contribution < -0.4 is 5.56 Å². The predicted molar refractivity (Wildman–Crippen MR) is 63.9 cm³/mol. The summed E-state index contributed by atoms with van der Waals surface area (Å²) < 4.78 is 1.64. The van der Waals surface area contributed by atoms with E-state index in [4.69, 9.17) is 0 Å². The second-order valence-corrected chi connectivity index (χ2v) is 3.63. The zero-order valence-electron chi connectivity index (χ0n) is 8.55. The molecule has 3 rings (SSSR count). The minimum atomic E-state index is -0.0197. The first-order valence-electron chi connectivity index (χ1n) is 5.10. The molecule has 0 aliphatic carbocycles. The molecular weight excluding hydrogens is 200 g/mol. The third-order valence-electron chi connectivity index (χ3n) is 2.65. The Bertz CT molecular complexity index is 680. The van der Waals surface area contributed by atoms with Gasteiger partial charge in [-0.05, 0) is 24.3 Å². The molecule has 0 spiro atoms. The number of hydrogen-bond donors (Lipinski definition) is 1. The van der Waals surface area contributed by atoms with Crippen LogP contribution in [0, 0.1) is 0 Å². The number of benzene rings is 1. The van der Waals surface area contributed by atoms with Gasteiger partial charge in [0.05, 0.1) is 0 Å². The maximum absolute atomic E-state index is 12.1. The minimum absolute atomic E-state index is 0.0197. The van der Waals surface area contributed by atoms with E-state index in [1.54, 1.807) is 17.0 Å². The maximum atomic E-state index is 12.1. The molecule has 0 unspecified atom stereocenters. The van der Waals surface area contributed by atoms with Crippen molar-refractivity contribution >= 4 is 10.9 Å². The van der Waals surface area contributed by atoms with Gasteiger partial charge in [-0.15, -0.1) is 0 Å². The van der Waals surface area contributed by atoms with Crippen LogP contribution in [0.15, 0.2) is 59.7 Å². The summed E-state index contributed by atoms with van der Waals surface area (Å²) in [6.45, 7) is 0. The molecule has 0 radical (unpaired) electrons. The second kappa shape index (κ2) is 3.38. The highest BCUT2D eigenvalue weighted by molar-refractivity contribution is 5.78. The number of aromatic amines is 1. The quantitative estimate of drug-likeness (QED) is 0.657. The lowest BCUT2D eigenvalue weighted by atomic mass is 10.3. The summed E-state index contributed by atoms with van der Waals surface area (Å²) in [5, 5.41) is 0.942. The van der Waals surface area contributed by atoms with Gasteiger partial charge in [0.2, 0.25) is 0 Å². The van der Waals surface area contributed by atoms with Crippen molar-refractivity contribution in [3.63, 3.8) is 0 Å². The number of fused-ring (bicyclic) bond motifs is 1. The van der Waals surface area contributed by atoms with Crippen LogP contribution in [0.1, 0.15) is 0 Å². The van der Waals surface area contributed by atoms with E-state index in [0.29, 0.717) is 5.52 Å². The summed E-state index contributed by atoms with van der Waals surface area (Å²) in [4.78, 5) is 15.1. The SMILES string of the molecule is O=c1c2[nH]ccc2ccn1-c1ccccc1. The number of nitrogens with zero attached hydrogens (tertiary/aromatic N) is 1. The molecule has 0 aliphatic heterocycles. The zero-order valence-corrected chi connectivity index (χ0v) is 8.55. The summed E-state index contributed by atoms with van der Waals surface area (Å²) in [7, 11) is 0. The van der Waals surface area contributed by atoms with Gasteiger partial charge in [0.1, 0.15) is 5.52 Å². The molecule has 2 aromatic heterocycles. The van der Waals surface area contributed by atoms with Gasteiger partial charge in [0, 0.05) is 23.5 Å². The van der Waals surface area contributed by atoms with Crippen molar-refractivity contribution in [1.82, 2.24) is 9.55 Å². The smallest absolute Gasteiger partial charge is 0.279 e.